The number of aromatic nitrogens is 2. The van der Waals surface area contributed by atoms with E-state index in [1.807, 2.05) is 19.1 Å². The van der Waals surface area contributed by atoms with Crippen molar-refractivity contribution in [3.63, 3.8) is 0 Å². The highest BCUT2D eigenvalue weighted by atomic mass is 16.6. The Bertz CT molecular complexity index is 1940. The van der Waals surface area contributed by atoms with Crippen molar-refractivity contribution in [3.8, 4) is 17.1 Å². The highest BCUT2D eigenvalue weighted by Gasteiger charge is 2.50. The van der Waals surface area contributed by atoms with E-state index in [9.17, 15) is 24.0 Å². The van der Waals surface area contributed by atoms with Crippen LogP contribution in [-0.2, 0) is 49.0 Å². The molecule has 6 heterocycles. The number of hydrogen-bond donors (Lipinski definition) is 1. The topological polar surface area (TPSA) is 149 Å². The molecule has 2 fully saturated rings. The molecule has 50 heavy (non-hydrogen) atoms. The van der Waals surface area contributed by atoms with Crippen molar-refractivity contribution in [2.24, 2.45) is 0 Å². The molecular weight excluding hydrogens is 642 g/mol. The minimum Gasteiger partial charge on any atom is -0.457 e. The number of rotatable bonds is 7. The summed E-state index contributed by atoms with van der Waals surface area (Å²) in [4.78, 5) is 74.0. The Kier molecular flexibility index (Phi) is 9.10. The molecule has 2 saturated heterocycles. The molecular formula is C37H43N5O8. The zero-order valence-corrected chi connectivity index (χ0v) is 28.8. The molecule has 1 N–H and O–H groups in total. The first-order valence-electron chi connectivity index (χ1n) is 17.7. The average molecular weight is 686 g/mol. The highest BCUT2D eigenvalue weighted by Crippen LogP contribution is 2.42. The predicted molar refractivity (Wildman–Crippen MR) is 183 cm³/mol. The lowest BCUT2D eigenvalue weighted by atomic mass is 9.85. The smallest absolute Gasteiger partial charge is 0.415 e. The third-order valence-corrected chi connectivity index (χ3v) is 10.7. The van der Waals surface area contributed by atoms with Crippen LogP contribution in [0.25, 0.3) is 22.3 Å². The SMILES string of the molecule is CCc1c2c(nc3ccc(OC(=O)N4CCC(N5CCCCC5)CC4)cc13)-c1cc3c(c(=O)n1C2)COC(=O)[C@@]3(CC)OC(=O)CNC(C)=O. The van der Waals surface area contributed by atoms with Gasteiger partial charge in [0, 0.05) is 42.6 Å². The van der Waals surface area contributed by atoms with Crippen LogP contribution in [0.3, 0.4) is 0 Å². The molecule has 4 aliphatic heterocycles. The zero-order chi connectivity index (χ0) is 35.2. The second-order valence-electron chi connectivity index (χ2n) is 13.6. The Morgan fingerprint density at radius 2 is 1.78 bits per heavy atom. The van der Waals surface area contributed by atoms with Gasteiger partial charge in [-0.25, -0.2) is 14.6 Å². The van der Waals surface area contributed by atoms with Crippen LogP contribution < -0.4 is 15.6 Å². The number of piperidine rings is 2. The largest absolute Gasteiger partial charge is 0.457 e. The maximum absolute atomic E-state index is 14.0. The first-order chi connectivity index (χ1) is 24.1. The fourth-order valence-electron chi connectivity index (χ4n) is 8.06. The number of benzene rings is 1. The number of carbonyl (C=O) groups is 4. The number of pyridine rings is 2. The summed E-state index contributed by atoms with van der Waals surface area (Å²) in [6.07, 6.45) is 6.00. The van der Waals surface area contributed by atoms with Crippen LogP contribution in [0.15, 0.2) is 29.1 Å². The van der Waals surface area contributed by atoms with Crippen molar-refractivity contribution in [3.05, 3.63) is 56.9 Å². The van der Waals surface area contributed by atoms with Gasteiger partial charge in [-0.3, -0.25) is 14.4 Å². The van der Waals surface area contributed by atoms with Gasteiger partial charge in [-0.15, -0.1) is 0 Å². The Balaban J connectivity index is 1.17. The van der Waals surface area contributed by atoms with Crippen LogP contribution in [0.1, 0.15) is 81.5 Å². The fraction of sp³-hybridized carbons (Fsp3) is 0.514. The summed E-state index contributed by atoms with van der Waals surface area (Å²) < 4.78 is 18.6. The average Bonchev–Trinajstić information content (AvgIpc) is 3.50. The molecule has 2 aromatic heterocycles. The summed E-state index contributed by atoms with van der Waals surface area (Å²) in [6, 6.07) is 7.64. The highest BCUT2D eigenvalue weighted by molar-refractivity contribution is 5.91. The number of likely N-dealkylation sites (tertiary alicyclic amines) is 2. The number of nitrogens with one attached hydrogen (secondary N) is 1. The van der Waals surface area contributed by atoms with Crippen molar-refractivity contribution >= 4 is 34.8 Å². The standard InChI is InChI=1S/C37H43N5O8/c1-4-25-26-17-24(49-36(47)41-15-11-23(12-16-41)40-13-7-6-8-14-40)9-10-30(26)39-33-27(25)20-42-31(33)18-29-28(34(42)45)21-48-35(46)37(29,5-2)50-32(44)19-38-22(3)43/h9-10,17-18,23H,4-8,11-16,19-21H2,1-3H3,(H,38,43)/t37-/m0/s1. The monoisotopic (exact) mass is 685 g/mol. The van der Waals surface area contributed by atoms with Crippen LogP contribution >= 0.6 is 0 Å². The number of esters is 2. The Hall–Kier alpha value is -4.78. The third kappa shape index (κ3) is 5.91. The first kappa shape index (κ1) is 33.7. The molecule has 0 unspecified atom stereocenters. The van der Waals surface area contributed by atoms with E-state index in [-0.39, 0.29) is 42.4 Å². The van der Waals surface area contributed by atoms with E-state index in [0.717, 1.165) is 42.4 Å². The quantitative estimate of drug-likeness (QED) is 0.285. The second kappa shape index (κ2) is 13.5. The number of fused-ring (bicyclic) bond motifs is 5. The maximum Gasteiger partial charge on any atom is 0.415 e. The lowest BCUT2D eigenvalue weighted by molar-refractivity contribution is -0.189. The van der Waals surface area contributed by atoms with E-state index in [1.165, 1.54) is 26.2 Å². The van der Waals surface area contributed by atoms with Crippen molar-refractivity contribution in [2.45, 2.75) is 90.5 Å². The van der Waals surface area contributed by atoms with Gasteiger partial charge in [-0.2, -0.15) is 0 Å². The van der Waals surface area contributed by atoms with Gasteiger partial charge >= 0.3 is 18.0 Å². The van der Waals surface area contributed by atoms with E-state index in [2.05, 4.69) is 10.2 Å². The van der Waals surface area contributed by atoms with E-state index >= 15 is 0 Å². The maximum atomic E-state index is 14.0. The molecule has 0 radical (unpaired) electrons. The van der Waals surface area contributed by atoms with Gasteiger partial charge in [-0.1, -0.05) is 20.3 Å². The van der Waals surface area contributed by atoms with Crippen LogP contribution in [0.4, 0.5) is 4.79 Å². The molecule has 2 amide bonds. The van der Waals surface area contributed by atoms with Crippen LogP contribution in [-0.4, -0.2) is 82.1 Å². The van der Waals surface area contributed by atoms with Crippen LogP contribution in [0.5, 0.6) is 5.75 Å². The normalized spacial score (nSPS) is 20.5. The molecule has 0 saturated carbocycles. The molecule has 0 bridgehead atoms. The van der Waals surface area contributed by atoms with Crippen molar-refractivity contribution < 1.29 is 33.4 Å². The number of amides is 2. The van der Waals surface area contributed by atoms with Crippen molar-refractivity contribution in [1.29, 1.82) is 0 Å². The predicted octanol–water partition coefficient (Wildman–Crippen LogP) is 3.78. The summed E-state index contributed by atoms with van der Waals surface area (Å²) in [5, 5.41) is 3.21. The van der Waals surface area contributed by atoms with Crippen LogP contribution in [0.2, 0.25) is 0 Å². The minimum absolute atomic E-state index is 0.0176. The third-order valence-electron chi connectivity index (χ3n) is 10.7. The van der Waals surface area contributed by atoms with Crippen molar-refractivity contribution in [2.75, 3.05) is 32.7 Å². The number of cyclic esters (lactones) is 1. The number of nitrogens with zero attached hydrogens (tertiary/aromatic N) is 4. The lowest BCUT2D eigenvalue weighted by Gasteiger charge is -2.39. The van der Waals surface area contributed by atoms with Gasteiger partial charge in [0.1, 0.15) is 18.9 Å². The molecule has 13 heteroatoms. The number of hydrogen-bond acceptors (Lipinski definition) is 10. The summed E-state index contributed by atoms with van der Waals surface area (Å²) >= 11 is 0. The summed E-state index contributed by atoms with van der Waals surface area (Å²) in [6.45, 7) is 8.17. The molecule has 3 aromatic rings. The number of ether oxygens (including phenoxy) is 3. The summed E-state index contributed by atoms with van der Waals surface area (Å²) in [5.41, 5.74) is 1.89. The summed E-state index contributed by atoms with van der Waals surface area (Å²) in [7, 11) is 0. The molecule has 264 valence electrons. The molecule has 4 aliphatic rings. The van der Waals surface area contributed by atoms with Gasteiger partial charge in [-0.05, 0) is 81.4 Å². The van der Waals surface area contributed by atoms with E-state index in [4.69, 9.17) is 19.2 Å². The number of carbonyl (C=O) groups excluding carboxylic acids is 4. The molecule has 13 nitrogen and oxygen atoms in total. The molecule has 1 atom stereocenters. The molecule has 0 aliphatic carbocycles. The van der Waals surface area contributed by atoms with Crippen LogP contribution in [0, 0.1) is 0 Å². The second-order valence-corrected chi connectivity index (χ2v) is 13.6. The molecule has 1 aromatic carbocycles. The Morgan fingerprint density at radius 3 is 2.48 bits per heavy atom. The van der Waals surface area contributed by atoms with Crippen molar-refractivity contribution in [1.82, 2.24) is 24.7 Å². The Morgan fingerprint density at radius 1 is 1.02 bits per heavy atom. The fourth-order valence-corrected chi connectivity index (χ4v) is 8.06. The van der Waals surface area contributed by atoms with E-state index in [0.29, 0.717) is 48.2 Å². The van der Waals surface area contributed by atoms with E-state index < -0.39 is 30.0 Å². The molecule has 0 spiro atoms. The first-order valence-corrected chi connectivity index (χ1v) is 17.7. The van der Waals surface area contributed by atoms with Gasteiger partial charge in [0.2, 0.25) is 11.5 Å². The van der Waals surface area contributed by atoms with Gasteiger partial charge < -0.3 is 33.9 Å². The van der Waals surface area contributed by atoms with Gasteiger partial charge in [0.25, 0.3) is 5.56 Å². The lowest BCUT2D eigenvalue weighted by Crippen LogP contribution is -2.48. The van der Waals surface area contributed by atoms with Gasteiger partial charge in [0.15, 0.2) is 0 Å². The zero-order valence-electron chi connectivity index (χ0n) is 28.8. The number of aryl methyl sites for hydroxylation is 1. The Labute approximate surface area is 289 Å². The molecule has 7 rings (SSSR count). The summed E-state index contributed by atoms with van der Waals surface area (Å²) in [5.74, 6) is -1.60. The minimum atomic E-state index is -1.85. The van der Waals surface area contributed by atoms with Gasteiger partial charge in [0.05, 0.1) is 29.0 Å². The van der Waals surface area contributed by atoms with E-state index in [1.54, 1.807) is 28.5 Å².